The van der Waals surface area contributed by atoms with Crippen LogP contribution in [-0.2, 0) is 21.7 Å². The van der Waals surface area contributed by atoms with Gasteiger partial charge in [0.25, 0.3) is 0 Å². The Morgan fingerprint density at radius 1 is 0.697 bits per heavy atom. The molecule has 0 saturated carbocycles. The van der Waals surface area contributed by atoms with Gasteiger partial charge in [-0.25, -0.2) is 0 Å². The Balaban J connectivity index is 1.57. The van der Waals surface area contributed by atoms with E-state index >= 15 is 0 Å². The number of carbonyl (C=O) groups is 1. The first-order valence-corrected chi connectivity index (χ1v) is 11.4. The van der Waals surface area contributed by atoms with Gasteiger partial charge >= 0.3 is 5.97 Å². The summed E-state index contributed by atoms with van der Waals surface area (Å²) in [5, 5.41) is 0. The minimum absolute atomic E-state index is 0.169. The van der Waals surface area contributed by atoms with E-state index in [2.05, 4.69) is 77.7 Å². The molecular weight excluding hydrogens is 406 g/mol. The monoisotopic (exact) mass is 433 g/mol. The molecule has 1 aliphatic rings. The number of ether oxygens (including phenoxy) is 1. The van der Waals surface area contributed by atoms with Gasteiger partial charge in [0.05, 0.1) is 5.54 Å². The van der Waals surface area contributed by atoms with Crippen LogP contribution in [0.3, 0.4) is 0 Å². The third kappa shape index (κ3) is 3.96. The Kier molecular flexibility index (Phi) is 6.05. The van der Waals surface area contributed by atoms with Gasteiger partial charge in [-0.05, 0) is 28.7 Å². The Morgan fingerprint density at radius 2 is 1.12 bits per heavy atom. The molecule has 1 saturated heterocycles. The van der Waals surface area contributed by atoms with Crippen molar-refractivity contribution in [1.82, 2.24) is 4.90 Å². The zero-order chi connectivity index (χ0) is 22.5. The number of esters is 1. The molecule has 1 heterocycles. The summed E-state index contributed by atoms with van der Waals surface area (Å²) in [5.74, 6) is -0.169. The van der Waals surface area contributed by atoms with Gasteiger partial charge in [0, 0.05) is 6.54 Å². The van der Waals surface area contributed by atoms with Gasteiger partial charge in [-0.1, -0.05) is 121 Å². The molecule has 1 atom stereocenters. The predicted molar refractivity (Wildman–Crippen MR) is 131 cm³/mol. The Morgan fingerprint density at radius 3 is 1.52 bits per heavy atom. The molecule has 4 aromatic rings. The Labute approximate surface area is 195 Å². The summed E-state index contributed by atoms with van der Waals surface area (Å²) in [6.45, 7) is 1.10. The topological polar surface area (TPSA) is 29.5 Å². The van der Waals surface area contributed by atoms with Crippen LogP contribution in [0.2, 0.25) is 0 Å². The highest BCUT2D eigenvalue weighted by molar-refractivity contribution is 5.77. The number of rotatable bonds is 7. The molecule has 5 rings (SSSR count). The van der Waals surface area contributed by atoms with Crippen molar-refractivity contribution in [2.45, 2.75) is 24.6 Å². The minimum atomic E-state index is -0.585. The molecule has 4 aromatic carbocycles. The smallest absolute Gasteiger partial charge is 0.323 e. The van der Waals surface area contributed by atoms with Crippen molar-refractivity contribution in [3.05, 3.63) is 144 Å². The first-order chi connectivity index (χ1) is 16.3. The average molecular weight is 434 g/mol. The molecule has 1 fully saturated rings. The second-order valence-corrected chi connectivity index (χ2v) is 8.40. The summed E-state index contributed by atoms with van der Waals surface area (Å²) >= 11 is 0. The van der Waals surface area contributed by atoms with Crippen LogP contribution in [0, 0.1) is 0 Å². The molecule has 0 amide bonds. The fraction of sp³-hybridized carbons (Fsp3) is 0.167. The maximum absolute atomic E-state index is 13.3. The third-order valence-corrected chi connectivity index (χ3v) is 6.52. The van der Waals surface area contributed by atoms with Gasteiger partial charge in [-0.15, -0.1) is 0 Å². The SMILES string of the molecule is O=C(OCc1ccccc1)[C@@H]1CCN1C(c1ccccc1)(c1ccccc1)c1ccccc1. The van der Waals surface area contributed by atoms with Crippen molar-refractivity contribution in [2.75, 3.05) is 6.54 Å². The summed E-state index contributed by atoms with van der Waals surface area (Å²) in [6.07, 6.45) is 0.780. The van der Waals surface area contributed by atoms with Gasteiger partial charge in [0.2, 0.25) is 0 Å². The number of likely N-dealkylation sites (tertiary alicyclic amines) is 1. The van der Waals surface area contributed by atoms with Crippen molar-refractivity contribution in [3.8, 4) is 0 Å². The zero-order valence-corrected chi connectivity index (χ0v) is 18.5. The van der Waals surface area contributed by atoms with E-state index in [1.807, 2.05) is 48.5 Å². The number of hydrogen-bond donors (Lipinski definition) is 0. The summed E-state index contributed by atoms with van der Waals surface area (Å²) in [6, 6.07) is 41.0. The quantitative estimate of drug-likeness (QED) is 0.273. The molecule has 0 unspecified atom stereocenters. The first kappa shape index (κ1) is 21.2. The van der Waals surface area contributed by atoms with Crippen molar-refractivity contribution in [2.24, 2.45) is 0 Å². The van der Waals surface area contributed by atoms with E-state index in [4.69, 9.17) is 4.74 Å². The molecule has 3 nitrogen and oxygen atoms in total. The largest absolute Gasteiger partial charge is 0.460 e. The highest BCUT2D eigenvalue weighted by Crippen LogP contribution is 2.46. The molecule has 3 heteroatoms. The van der Waals surface area contributed by atoms with E-state index in [9.17, 15) is 4.79 Å². The molecule has 164 valence electrons. The van der Waals surface area contributed by atoms with Crippen molar-refractivity contribution in [1.29, 1.82) is 0 Å². The summed E-state index contributed by atoms with van der Waals surface area (Å²) in [7, 11) is 0. The minimum Gasteiger partial charge on any atom is -0.460 e. The molecule has 0 spiro atoms. The van der Waals surface area contributed by atoms with Crippen molar-refractivity contribution in [3.63, 3.8) is 0 Å². The Bertz CT molecular complexity index is 1080. The average Bonchev–Trinajstić information content (AvgIpc) is 2.87. The predicted octanol–water partition coefficient (Wildman–Crippen LogP) is 5.80. The molecule has 1 aliphatic heterocycles. The second kappa shape index (κ2) is 9.43. The van der Waals surface area contributed by atoms with Crippen molar-refractivity contribution < 1.29 is 9.53 Å². The number of hydrogen-bond acceptors (Lipinski definition) is 3. The van der Waals surface area contributed by atoms with E-state index in [1.54, 1.807) is 0 Å². The number of carbonyl (C=O) groups excluding carboxylic acids is 1. The standard InChI is InChI=1S/C30H27NO2/c32-29(33-23-24-13-5-1-6-14-24)28-21-22-31(28)30(25-15-7-2-8-16-25,26-17-9-3-10-18-26)27-19-11-4-12-20-27/h1-20,28H,21-23H2/t28-/m0/s1. The molecule has 0 aliphatic carbocycles. The van der Waals surface area contributed by atoms with Gasteiger partial charge in [-0.3, -0.25) is 9.69 Å². The highest BCUT2D eigenvalue weighted by atomic mass is 16.5. The summed E-state index contributed by atoms with van der Waals surface area (Å²) in [4.78, 5) is 15.6. The lowest BCUT2D eigenvalue weighted by Crippen LogP contribution is -2.63. The number of nitrogens with zero attached hydrogens (tertiary/aromatic N) is 1. The number of benzene rings is 4. The molecule has 0 aromatic heterocycles. The van der Waals surface area contributed by atoms with Gasteiger partial charge in [-0.2, -0.15) is 0 Å². The van der Waals surface area contributed by atoms with E-state index in [0.29, 0.717) is 6.61 Å². The van der Waals surface area contributed by atoms with Crippen LogP contribution < -0.4 is 0 Å². The normalized spacial score (nSPS) is 16.1. The second-order valence-electron chi connectivity index (χ2n) is 8.40. The van der Waals surface area contributed by atoms with Crippen LogP contribution in [-0.4, -0.2) is 23.5 Å². The van der Waals surface area contributed by atoms with Gasteiger partial charge < -0.3 is 4.74 Å². The van der Waals surface area contributed by atoms with Crippen LogP contribution in [0.25, 0.3) is 0 Å². The molecule has 33 heavy (non-hydrogen) atoms. The highest BCUT2D eigenvalue weighted by Gasteiger charge is 2.51. The maximum Gasteiger partial charge on any atom is 0.323 e. The Hall–Kier alpha value is -3.69. The van der Waals surface area contributed by atoms with E-state index in [-0.39, 0.29) is 12.0 Å². The van der Waals surface area contributed by atoms with Gasteiger partial charge in [0.15, 0.2) is 0 Å². The summed E-state index contributed by atoms with van der Waals surface area (Å²) < 4.78 is 5.78. The van der Waals surface area contributed by atoms with E-state index in [0.717, 1.165) is 35.2 Å². The zero-order valence-electron chi connectivity index (χ0n) is 18.5. The van der Waals surface area contributed by atoms with Gasteiger partial charge in [0.1, 0.15) is 12.6 Å². The molecule has 0 bridgehead atoms. The van der Waals surface area contributed by atoms with Crippen LogP contribution in [0.15, 0.2) is 121 Å². The third-order valence-electron chi connectivity index (χ3n) is 6.52. The van der Waals surface area contributed by atoms with E-state index in [1.165, 1.54) is 0 Å². The van der Waals surface area contributed by atoms with Crippen molar-refractivity contribution >= 4 is 5.97 Å². The van der Waals surface area contributed by atoms with E-state index < -0.39 is 5.54 Å². The molecule has 0 N–H and O–H groups in total. The van der Waals surface area contributed by atoms with Crippen LogP contribution in [0.5, 0.6) is 0 Å². The van der Waals surface area contributed by atoms with Crippen LogP contribution in [0.1, 0.15) is 28.7 Å². The fourth-order valence-electron chi connectivity index (χ4n) is 4.89. The van der Waals surface area contributed by atoms with Crippen LogP contribution >= 0.6 is 0 Å². The fourth-order valence-corrected chi connectivity index (χ4v) is 4.89. The summed E-state index contributed by atoms with van der Waals surface area (Å²) in [5.41, 5.74) is 3.84. The lowest BCUT2D eigenvalue weighted by Gasteiger charge is -2.53. The first-order valence-electron chi connectivity index (χ1n) is 11.4. The lowest BCUT2D eigenvalue weighted by molar-refractivity contribution is -0.160. The molecular formula is C30H27NO2. The maximum atomic E-state index is 13.3. The van der Waals surface area contributed by atoms with Crippen LogP contribution in [0.4, 0.5) is 0 Å². The molecule has 0 radical (unpaired) electrons. The lowest BCUT2D eigenvalue weighted by atomic mass is 9.72.